The molecule has 14 heteroatoms. The molecule has 0 radical (unpaired) electrons. The summed E-state index contributed by atoms with van der Waals surface area (Å²) in [6, 6.07) is 10.9. The number of aromatic hydroxyl groups is 2. The van der Waals surface area contributed by atoms with Crippen molar-refractivity contribution in [3.63, 3.8) is 0 Å². The highest BCUT2D eigenvalue weighted by Crippen LogP contribution is 2.44. The molecule has 41 heavy (non-hydrogen) atoms. The van der Waals surface area contributed by atoms with Crippen LogP contribution in [0.3, 0.4) is 0 Å². The number of ether oxygens (including phenoxy) is 2. The minimum Gasteiger partial charge on any atom is -0.494 e. The molecule has 0 aliphatic carbocycles. The zero-order chi connectivity index (χ0) is 30.3. The fourth-order valence-corrected chi connectivity index (χ4v) is 5.66. The van der Waals surface area contributed by atoms with E-state index in [0.29, 0.717) is 15.8 Å². The topological polar surface area (TPSA) is 113 Å². The molecule has 0 bridgehead atoms. The zero-order valence-electron chi connectivity index (χ0n) is 22.6. The lowest BCUT2D eigenvalue weighted by Crippen LogP contribution is -2.33. The molecule has 0 saturated heterocycles. The lowest BCUT2D eigenvalue weighted by Gasteiger charge is -2.24. The van der Waals surface area contributed by atoms with Gasteiger partial charge in [0.25, 0.3) is 11.1 Å². The lowest BCUT2D eigenvalue weighted by molar-refractivity contribution is 0.282. The van der Waals surface area contributed by atoms with Gasteiger partial charge in [-0.2, -0.15) is 0 Å². The number of hydrogen-bond acceptors (Lipinski definition) is 8. The van der Waals surface area contributed by atoms with Gasteiger partial charge in [-0.05, 0) is 75.8 Å². The molecule has 0 fully saturated rings. The molecule has 0 atom stereocenters. The van der Waals surface area contributed by atoms with Crippen LogP contribution < -0.4 is 20.6 Å². The van der Waals surface area contributed by atoms with E-state index in [1.54, 1.807) is 12.1 Å². The van der Waals surface area contributed by atoms with E-state index >= 15 is 0 Å². The van der Waals surface area contributed by atoms with Crippen molar-refractivity contribution in [2.24, 2.45) is 28.2 Å². The van der Waals surface area contributed by atoms with Crippen molar-refractivity contribution in [1.82, 2.24) is 18.3 Å². The second-order valence-corrected chi connectivity index (χ2v) is 11.8. The Labute approximate surface area is 261 Å². The average Bonchev–Trinajstić information content (AvgIpc) is 2.96. The Balaban J connectivity index is 2.02. The summed E-state index contributed by atoms with van der Waals surface area (Å²) >= 11 is 17.6. The van der Waals surface area contributed by atoms with Gasteiger partial charge in [0.05, 0.1) is 28.6 Å². The summed E-state index contributed by atoms with van der Waals surface area (Å²) in [6.45, 7) is 0.236. The summed E-state index contributed by atoms with van der Waals surface area (Å²) in [6.07, 6.45) is 0. The Morgan fingerprint density at radius 3 is 1.78 bits per heavy atom. The SMILES string of the molecule is COc1cc(C(c2c(O)n(C)c(=S)n(C)c2=O)c2c(O)n(C)c(=S)n(C)c2=O)cc(Br)c1OCc1ccc(Br)cc1. The van der Waals surface area contributed by atoms with Gasteiger partial charge >= 0.3 is 0 Å². The van der Waals surface area contributed by atoms with Crippen LogP contribution in [0.4, 0.5) is 0 Å². The summed E-state index contributed by atoms with van der Waals surface area (Å²) < 4.78 is 18.1. The van der Waals surface area contributed by atoms with Crippen LogP contribution in [0.2, 0.25) is 0 Å². The molecule has 0 saturated carbocycles. The average molecular weight is 726 g/mol. The van der Waals surface area contributed by atoms with Crippen LogP contribution in [0.15, 0.2) is 54.9 Å². The van der Waals surface area contributed by atoms with E-state index in [2.05, 4.69) is 31.9 Å². The van der Waals surface area contributed by atoms with E-state index in [-0.39, 0.29) is 33.0 Å². The first-order chi connectivity index (χ1) is 19.3. The third-order valence-electron chi connectivity index (χ3n) is 6.79. The number of aromatic nitrogens is 4. The first-order valence-electron chi connectivity index (χ1n) is 12.0. The van der Waals surface area contributed by atoms with Gasteiger partial charge in [0.15, 0.2) is 21.0 Å². The zero-order valence-corrected chi connectivity index (χ0v) is 27.4. The van der Waals surface area contributed by atoms with Gasteiger partial charge in [0, 0.05) is 32.7 Å². The number of methoxy groups -OCH3 is 1. The maximum atomic E-state index is 13.6. The van der Waals surface area contributed by atoms with Crippen molar-refractivity contribution in [2.45, 2.75) is 12.5 Å². The highest BCUT2D eigenvalue weighted by Gasteiger charge is 2.33. The molecular weight excluding hydrogens is 700 g/mol. The number of nitrogens with zero attached hydrogens (tertiary/aromatic N) is 4. The monoisotopic (exact) mass is 724 g/mol. The maximum absolute atomic E-state index is 13.6. The smallest absolute Gasteiger partial charge is 0.262 e. The van der Waals surface area contributed by atoms with Gasteiger partial charge in [-0.3, -0.25) is 27.9 Å². The van der Waals surface area contributed by atoms with Crippen LogP contribution in [0.5, 0.6) is 23.3 Å². The van der Waals surface area contributed by atoms with Crippen LogP contribution in [-0.2, 0) is 34.8 Å². The molecule has 0 spiro atoms. The number of halogens is 2. The van der Waals surface area contributed by atoms with Crippen LogP contribution >= 0.6 is 56.3 Å². The van der Waals surface area contributed by atoms with Crippen LogP contribution in [0, 0.1) is 9.54 Å². The molecule has 4 rings (SSSR count). The molecule has 216 valence electrons. The molecule has 0 unspecified atom stereocenters. The quantitative estimate of drug-likeness (QED) is 0.258. The minimum absolute atomic E-state index is 0.0639. The van der Waals surface area contributed by atoms with Gasteiger partial charge in [0.1, 0.15) is 6.61 Å². The van der Waals surface area contributed by atoms with Crippen LogP contribution in [0.25, 0.3) is 0 Å². The Morgan fingerprint density at radius 1 is 0.829 bits per heavy atom. The lowest BCUT2D eigenvalue weighted by atomic mass is 9.86. The molecule has 10 nitrogen and oxygen atoms in total. The van der Waals surface area contributed by atoms with E-state index < -0.39 is 28.8 Å². The van der Waals surface area contributed by atoms with E-state index in [9.17, 15) is 19.8 Å². The summed E-state index contributed by atoms with van der Waals surface area (Å²) in [5.41, 5.74) is -0.380. The predicted molar refractivity (Wildman–Crippen MR) is 166 cm³/mol. The van der Waals surface area contributed by atoms with Crippen molar-refractivity contribution in [1.29, 1.82) is 0 Å². The van der Waals surface area contributed by atoms with E-state index in [4.69, 9.17) is 33.9 Å². The maximum Gasteiger partial charge on any atom is 0.262 e. The Hall–Kier alpha value is -3.20. The van der Waals surface area contributed by atoms with Crippen LogP contribution in [0.1, 0.15) is 28.2 Å². The number of benzene rings is 2. The first-order valence-corrected chi connectivity index (χ1v) is 14.4. The fraction of sp³-hybridized carbons (Fsp3) is 0.259. The molecule has 2 N–H and O–H groups in total. The standard InChI is InChI=1S/C27H26Br2N4O6S2/c1-30-22(34)19(23(35)31(2)26(30)40)18(20-24(36)32(3)27(41)33(4)25(20)37)14-10-16(29)21(17(11-14)38-5)39-12-13-6-8-15(28)9-7-13/h6-11,18,34,36H,12H2,1-5H3. The molecule has 2 heterocycles. The first kappa shape index (κ1) is 30.8. The van der Waals surface area contributed by atoms with Gasteiger partial charge in [-0.25, -0.2) is 0 Å². The summed E-state index contributed by atoms with van der Waals surface area (Å²) in [7, 11) is 7.38. The van der Waals surface area contributed by atoms with Crippen molar-refractivity contribution >= 4 is 56.3 Å². The Bertz CT molecular complexity index is 1830. The van der Waals surface area contributed by atoms with Gasteiger partial charge < -0.3 is 19.7 Å². The molecule has 2 aromatic carbocycles. The molecule has 2 aromatic heterocycles. The highest BCUT2D eigenvalue weighted by atomic mass is 79.9. The predicted octanol–water partition coefficient (Wildman–Crippen LogP) is 4.92. The second-order valence-electron chi connectivity index (χ2n) is 9.27. The van der Waals surface area contributed by atoms with E-state index in [1.165, 1.54) is 53.6 Å². The van der Waals surface area contributed by atoms with Crippen molar-refractivity contribution in [3.05, 3.63) is 97.8 Å². The molecule has 0 amide bonds. The molecule has 4 aromatic rings. The van der Waals surface area contributed by atoms with E-state index in [0.717, 1.165) is 10.0 Å². The second kappa shape index (κ2) is 12.0. The van der Waals surface area contributed by atoms with E-state index in [1.807, 2.05) is 24.3 Å². The minimum atomic E-state index is -1.26. The third-order valence-corrected chi connectivity index (χ3v) is 9.01. The van der Waals surface area contributed by atoms with Gasteiger partial charge in [-0.1, -0.05) is 28.1 Å². The van der Waals surface area contributed by atoms with Gasteiger partial charge in [-0.15, -0.1) is 0 Å². The third kappa shape index (κ3) is 5.53. The molecule has 0 aliphatic heterocycles. The van der Waals surface area contributed by atoms with Crippen molar-refractivity contribution in [3.8, 4) is 23.3 Å². The van der Waals surface area contributed by atoms with Crippen molar-refractivity contribution < 1.29 is 19.7 Å². The Morgan fingerprint density at radius 2 is 1.32 bits per heavy atom. The number of hydrogen-bond donors (Lipinski definition) is 2. The molecular formula is C27H26Br2N4O6S2. The highest BCUT2D eigenvalue weighted by molar-refractivity contribution is 9.10. The Kier molecular flexibility index (Phi) is 8.97. The normalized spacial score (nSPS) is 11.2. The largest absolute Gasteiger partial charge is 0.494 e. The molecule has 0 aliphatic rings. The fourth-order valence-electron chi connectivity index (χ4n) is 4.48. The summed E-state index contributed by atoms with van der Waals surface area (Å²) in [4.78, 5) is 27.3. The van der Waals surface area contributed by atoms with Crippen LogP contribution in [-0.4, -0.2) is 35.6 Å². The number of rotatable bonds is 7. The summed E-state index contributed by atoms with van der Waals surface area (Å²) in [5, 5.41) is 22.5. The summed E-state index contributed by atoms with van der Waals surface area (Å²) in [5.74, 6) is -1.51. The van der Waals surface area contributed by atoms with Crippen molar-refractivity contribution in [2.75, 3.05) is 7.11 Å². The van der Waals surface area contributed by atoms with Gasteiger partial charge in [0.2, 0.25) is 11.8 Å².